The van der Waals surface area contributed by atoms with E-state index in [4.69, 9.17) is 15.6 Å². The summed E-state index contributed by atoms with van der Waals surface area (Å²) in [5, 5.41) is 29.2. The first kappa shape index (κ1) is 17.9. The SMILES string of the molecule is CN(/C=C(/F)C(N)=NC=S)C1OC(CCO)[C@H](O)C1(C)O. The van der Waals surface area contributed by atoms with Gasteiger partial charge in [0.2, 0.25) is 0 Å². The molecular weight excluding hydrogens is 301 g/mol. The Balaban J connectivity index is 2.91. The molecule has 3 unspecified atom stereocenters. The zero-order valence-corrected chi connectivity index (χ0v) is 12.6. The summed E-state index contributed by atoms with van der Waals surface area (Å²) in [4.78, 5) is 4.67. The van der Waals surface area contributed by atoms with Crippen molar-refractivity contribution >= 4 is 23.5 Å². The van der Waals surface area contributed by atoms with Gasteiger partial charge in [0.15, 0.2) is 17.9 Å². The summed E-state index contributed by atoms with van der Waals surface area (Å²) < 4.78 is 19.2. The fraction of sp³-hybridized carbons (Fsp3) is 0.667. The highest BCUT2D eigenvalue weighted by molar-refractivity contribution is 7.78. The van der Waals surface area contributed by atoms with Crippen LogP contribution in [0.15, 0.2) is 17.0 Å². The van der Waals surface area contributed by atoms with Crippen LogP contribution >= 0.6 is 12.2 Å². The average Bonchev–Trinajstić information content (AvgIpc) is 2.63. The third-order valence-electron chi connectivity index (χ3n) is 3.29. The van der Waals surface area contributed by atoms with Crippen LogP contribution in [0.1, 0.15) is 13.3 Å². The number of thiocarbonyl (C=S) groups is 1. The van der Waals surface area contributed by atoms with E-state index >= 15 is 0 Å². The minimum atomic E-state index is -1.64. The predicted molar refractivity (Wildman–Crippen MR) is 79.2 cm³/mol. The molecule has 0 spiro atoms. The Kier molecular flexibility index (Phi) is 6.17. The molecule has 9 heteroatoms. The molecule has 0 aliphatic carbocycles. The molecule has 1 rings (SSSR count). The quantitative estimate of drug-likeness (QED) is 0.290. The summed E-state index contributed by atoms with van der Waals surface area (Å²) >= 11 is 4.44. The Labute approximate surface area is 127 Å². The van der Waals surface area contributed by atoms with Gasteiger partial charge in [0.25, 0.3) is 0 Å². The molecular formula is C12H20FN3O4S. The second kappa shape index (κ2) is 7.23. The van der Waals surface area contributed by atoms with Crippen LogP contribution in [0.4, 0.5) is 4.39 Å². The summed E-state index contributed by atoms with van der Waals surface area (Å²) in [7, 11) is 1.46. The molecule has 0 saturated carbocycles. The van der Waals surface area contributed by atoms with Crippen LogP contribution in [-0.4, -0.2) is 69.2 Å². The number of aliphatic hydroxyl groups is 3. The molecule has 4 atom stereocenters. The van der Waals surface area contributed by atoms with Crippen molar-refractivity contribution in [3.05, 3.63) is 12.0 Å². The van der Waals surface area contributed by atoms with Crippen LogP contribution in [0.25, 0.3) is 0 Å². The van der Waals surface area contributed by atoms with Crippen LogP contribution < -0.4 is 5.73 Å². The topological polar surface area (TPSA) is 112 Å². The molecule has 120 valence electrons. The highest BCUT2D eigenvalue weighted by Crippen LogP contribution is 2.34. The number of nitrogens with zero attached hydrogens (tertiary/aromatic N) is 2. The summed E-state index contributed by atoms with van der Waals surface area (Å²) in [5.41, 5.74) is 4.64. The zero-order valence-electron chi connectivity index (χ0n) is 11.8. The molecule has 0 aromatic carbocycles. The molecule has 21 heavy (non-hydrogen) atoms. The molecule has 0 aromatic heterocycles. The average molecular weight is 321 g/mol. The van der Waals surface area contributed by atoms with Crippen molar-refractivity contribution in [3.63, 3.8) is 0 Å². The minimum Gasteiger partial charge on any atom is -0.396 e. The largest absolute Gasteiger partial charge is 0.396 e. The second-order valence-electron chi connectivity index (χ2n) is 4.97. The van der Waals surface area contributed by atoms with E-state index in [0.29, 0.717) is 0 Å². The Morgan fingerprint density at radius 1 is 1.62 bits per heavy atom. The minimum absolute atomic E-state index is 0.155. The number of nitrogens with two attached hydrogens (primary N) is 1. The van der Waals surface area contributed by atoms with E-state index < -0.39 is 35.7 Å². The van der Waals surface area contributed by atoms with Gasteiger partial charge in [-0.15, -0.1) is 0 Å². The Morgan fingerprint density at radius 2 is 2.24 bits per heavy atom. The zero-order chi connectivity index (χ0) is 16.2. The summed E-state index contributed by atoms with van der Waals surface area (Å²) in [6.07, 6.45) is -1.82. The molecule has 0 amide bonds. The lowest BCUT2D eigenvalue weighted by Crippen LogP contribution is -2.50. The monoisotopic (exact) mass is 321 g/mol. The first-order valence-electron chi connectivity index (χ1n) is 6.29. The van der Waals surface area contributed by atoms with Crippen molar-refractivity contribution in [1.82, 2.24) is 4.90 Å². The molecule has 1 fully saturated rings. The fourth-order valence-electron chi connectivity index (χ4n) is 2.19. The highest BCUT2D eigenvalue weighted by Gasteiger charge is 2.53. The lowest BCUT2D eigenvalue weighted by Gasteiger charge is -2.32. The lowest BCUT2D eigenvalue weighted by atomic mass is 9.95. The van der Waals surface area contributed by atoms with Gasteiger partial charge in [0.05, 0.1) is 11.6 Å². The normalized spacial score (nSPS) is 34.1. The van der Waals surface area contributed by atoms with Gasteiger partial charge in [0, 0.05) is 19.9 Å². The standard InChI is InChI=1S/C12H20FN3O4S/c1-12(19)9(18)8(3-4-17)20-11(12)16(2)5-7(13)10(14)15-6-21/h5-6,8-9,11,17-19H,3-4H2,1-2H3,(H2,14,15,21)/b7-5+/t8?,9-,11?,12?/m0/s1. The van der Waals surface area contributed by atoms with E-state index in [2.05, 4.69) is 17.2 Å². The third-order valence-corrected chi connectivity index (χ3v) is 3.40. The van der Waals surface area contributed by atoms with E-state index in [9.17, 15) is 14.6 Å². The number of hydrogen-bond donors (Lipinski definition) is 4. The number of rotatable bonds is 6. The Morgan fingerprint density at radius 3 is 2.76 bits per heavy atom. The molecule has 5 N–H and O–H groups in total. The van der Waals surface area contributed by atoms with Crippen molar-refractivity contribution < 1.29 is 24.4 Å². The van der Waals surface area contributed by atoms with Crippen LogP contribution in [0, 0.1) is 0 Å². The molecule has 1 heterocycles. The Bertz CT molecular complexity index is 444. The van der Waals surface area contributed by atoms with Crippen LogP contribution in [0.3, 0.4) is 0 Å². The predicted octanol–water partition coefficient (Wildman–Crippen LogP) is -0.737. The van der Waals surface area contributed by atoms with Crippen molar-refractivity contribution in [2.45, 2.75) is 37.4 Å². The highest BCUT2D eigenvalue weighted by atomic mass is 32.1. The van der Waals surface area contributed by atoms with Crippen molar-refractivity contribution in [2.24, 2.45) is 10.7 Å². The molecule has 0 radical (unpaired) electrons. The van der Waals surface area contributed by atoms with Gasteiger partial charge in [-0.2, -0.15) is 0 Å². The smallest absolute Gasteiger partial charge is 0.181 e. The third kappa shape index (κ3) is 3.95. The number of aliphatic hydroxyl groups excluding tert-OH is 2. The first-order valence-corrected chi connectivity index (χ1v) is 6.76. The van der Waals surface area contributed by atoms with Crippen molar-refractivity contribution in [2.75, 3.05) is 13.7 Å². The maximum atomic E-state index is 13.7. The number of aliphatic imine (C=N–C) groups is 1. The maximum Gasteiger partial charge on any atom is 0.181 e. The number of likely N-dealkylation sites (N-methyl/N-ethyl adjacent to an activating group) is 1. The van der Waals surface area contributed by atoms with E-state index in [-0.39, 0.29) is 13.0 Å². The Hall–Kier alpha value is -1.13. The maximum absolute atomic E-state index is 13.7. The van der Waals surface area contributed by atoms with E-state index in [1.807, 2.05) is 0 Å². The van der Waals surface area contributed by atoms with E-state index in [1.54, 1.807) is 0 Å². The van der Waals surface area contributed by atoms with E-state index in [0.717, 1.165) is 11.7 Å². The second-order valence-corrected chi connectivity index (χ2v) is 5.18. The van der Waals surface area contributed by atoms with Gasteiger partial charge in [-0.1, -0.05) is 12.2 Å². The van der Waals surface area contributed by atoms with Crippen LogP contribution in [-0.2, 0) is 4.74 Å². The van der Waals surface area contributed by atoms with Gasteiger partial charge in [-0.3, -0.25) is 0 Å². The summed E-state index contributed by atoms with van der Waals surface area (Å²) in [6.45, 7) is 1.17. The molecule has 1 saturated heterocycles. The van der Waals surface area contributed by atoms with Crippen LogP contribution in [0.2, 0.25) is 0 Å². The van der Waals surface area contributed by atoms with Gasteiger partial charge in [0.1, 0.15) is 11.7 Å². The van der Waals surface area contributed by atoms with Gasteiger partial charge >= 0.3 is 0 Å². The molecule has 7 nitrogen and oxygen atoms in total. The van der Waals surface area contributed by atoms with E-state index in [1.165, 1.54) is 18.9 Å². The molecule has 1 aliphatic rings. The van der Waals surface area contributed by atoms with Gasteiger partial charge < -0.3 is 30.7 Å². The number of amidine groups is 1. The molecule has 0 bridgehead atoms. The van der Waals surface area contributed by atoms with Crippen molar-refractivity contribution in [1.29, 1.82) is 0 Å². The number of halogens is 1. The number of hydrogen-bond acceptors (Lipinski definition) is 6. The lowest BCUT2D eigenvalue weighted by molar-refractivity contribution is -0.112. The summed E-state index contributed by atoms with van der Waals surface area (Å²) in [6, 6.07) is 0. The van der Waals surface area contributed by atoms with Crippen molar-refractivity contribution in [3.8, 4) is 0 Å². The first-order chi connectivity index (χ1) is 9.75. The summed E-state index contributed by atoms with van der Waals surface area (Å²) in [5.74, 6) is -1.25. The van der Waals surface area contributed by atoms with Gasteiger partial charge in [-0.25, -0.2) is 9.38 Å². The molecule has 1 aliphatic heterocycles. The molecule has 0 aromatic rings. The number of ether oxygens (including phenoxy) is 1. The van der Waals surface area contributed by atoms with Crippen LogP contribution in [0.5, 0.6) is 0 Å². The fourth-order valence-corrected chi connectivity index (χ4v) is 2.31. The van der Waals surface area contributed by atoms with Gasteiger partial charge in [-0.05, 0) is 13.3 Å².